The van der Waals surface area contributed by atoms with Crippen molar-refractivity contribution in [3.05, 3.63) is 67.6 Å². The third kappa shape index (κ3) is 13.3. The summed E-state index contributed by atoms with van der Waals surface area (Å²) in [4.78, 5) is 33.8. The van der Waals surface area contributed by atoms with E-state index in [1.165, 1.54) is 6.07 Å². The Bertz CT molecular complexity index is 1580. The van der Waals surface area contributed by atoms with E-state index in [2.05, 4.69) is 102 Å². The molecule has 11 nitrogen and oxygen atoms in total. The van der Waals surface area contributed by atoms with Gasteiger partial charge in [0.1, 0.15) is 13.2 Å². The standard InChI is InChI=1S/C16H23BrN2O4.C16H19BrN2O2.Cl2OS/c1-15(2,8-20)18-13(22)10-5-6-12(17)11(7-10)14(23)19-16(3,4)9-21;1-15(2)8-20-13(18-15)10-5-6-12(17)11(7-10)14-19-16(3,4)9-21-14;1-4(2)3/h5-7,20-21H,8-9H2,1-4H3,(H,18,22)(H,19,23);5-7H,8-9H2,1-4H3;. The van der Waals surface area contributed by atoms with Gasteiger partial charge in [-0.15, -0.1) is 0 Å². The van der Waals surface area contributed by atoms with Crippen molar-refractivity contribution in [1.82, 2.24) is 10.6 Å². The maximum Gasteiger partial charge on any atom is 0.252 e. The van der Waals surface area contributed by atoms with Crippen molar-refractivity contribution in [2.45, 2.75) is 77.5 Å². The van der Waals surface area contributed by atoms with Crippen molar-refractivity contribution in [3.8, 4) is 0 Å². The molecule has 2 aromatic carbocycles. The fourth-order valence-electron chi connectivity index (χ4n) is 3.95. The normalized spacial score (nSPS) is 16.2. The molecule has 0 atom stereocenters. The van der Waals surface area contributed by atoms with Crippen LogP contribution >= 0.6 is 53.2 Å². The number of aliphatic hydroxyl groups excluding tert-OH is 2. The number of ether oxygens (including phenoxy) is 2. The van der Waals surface area contributed by atoms with Crippen LogP contribution in [-0.2, 0) is 18.7 Å². The zero-order valence-electron chi connectivity index (χ0n) is 28.0. The molecule has 2 heterocycles. The van der Waals surface area contributed by atoms with E-state index in [0.29, 0.717) is 40.6 Å². The molecule has 0 spiro atoms. The van der Waals surface area contributed by atoms with Crippen molar-refractivity contribution >= 4 is 86.1 Å². The number of hydrogen-bond donors (Lipinski definition) is 4. The largest absolute Gasteiger partial charge is 0.475 e. The molecule has 2 amide bonds. The van der Waals surface area contributed by atoms with Crippen LogP contribution in [0.2, 0.25) is 0 Å². The molecule has 0 saturated carbocycles. The molecular formula is C32H42Br2Cl2N4O7S. The predicted molar refractivity (Wildman–Crippen MR) is 199 cm³/mol. The van der Waals surface area contributed by atoms with Gasteiger partial charge in [-0.3, -0.25) is 9.59 Å². The molecule has 266 valence electrons. The topological polar surface area (TPSA) is 159 Å². The summed E-state index contributed by atoms with van der Waals surface area (Å²) in [6, 6.07) is 10.7. The van der Waals surface area contributed by atoms with Crippen molar-refractivity contribution in [3.63, 3.8) is 0 Å². The lowest BCUT2D eigenvalue weighted by Gasteiger charge is -2.25. The number of nitrogens with zero attached hydrogens (tertiary/aromatic N) is 2. The van der Waals surface area contributed by atoms with Crippen molar-refractivity contribution in [1.29, 1.82) is 0 Å². The highest BCUT2D eigenvalue weighted by Crippen LogP contribution is 2.28. The van der Waals surface area contributed by atoms with Gasteiger partial charge >= 0.3 is 0 Å². The first-order valence-corrected chi connectivity index (χ1v) is 19.1. The molecule has 0 radical (unpaired) electrons. The maximum absolute atomic E-state index is 12.3. The molecule has 0 aliphatic carbocycles. The minimum absolute atomic E-state index is 0.161. The summed E-state index contributed by atoms with van der Waals surface area (Å²) in [5, 5.41) is 23.9. The number of benzene rings is 2. The smallest absolute Gasteiger partial charge is 0.252 e. The summed E-state index contributed by atoms with van der Waals surface area (Å²) in [5.41, 5.74) is 0.630. The van der Waals surface area contributed by atoms with Crippen LogP contribution in [-0.4, -0.2) is 86.6 Å². The zero-order valence-corrected chi connectivity index (χ0v) is 33.5. The molecule has 0 saturated heterocycles. The van der Waals surface area contributed by atoms with E-state index in [9.17, 15) is 19.8 Å². The monoisotopic (exact) mass is 854 g/mol. The van der Waals surface area contributed by atoms with Gasteiger partial charge in [-0.05, 0) is 124 Å². The maximum atomic E-state index is 12.3. The molecule has 16 heteroatoms. The number of hydrogen-bond acceptors (Lipinski definition) is 9. The Morgan fingerprint density at radius 1 is 0.833 bits per heavy atom. The van der Waals surface area contributed by atoms with Gasteiger partial charge in [0, 0.05) is 41.4 Å². The highest BCUT2D eigenvalue weighted by molar-refractivity contribution is 9.10. The summed E-state index contributed by atoms with van der Waals surface area (Å²) >= 11 is 6.86. The number of rotatable bonds is 8. The molecule has 4 N–H and O–H groups in total. The van der Waals surface area contributed by atoms with Gasteiger partial charge in [-0.25, -0.2) is 14.2 Å². The first-order valence-electron chi connectivity index (χ1n) is 14.7. The zero-order chi connectivity index (χ0) is 36.7. The Morgan fingerprint density at radius 3 is 1.75 bits per heavy atom. The molecular weight excluding hydrogens is 815 g/mol. The number of amides is 2. The van der Waals surface area contributed by atoms with Crippen molar-refractivity contribution < 1.29 is 33.5 Å². The van der Waals surface area contributed by atoms with Crippen LogP contribution in [0.5, 0.6) is 0 Å². The molecule has 0 aromatic heterocycles. The van der Waals surface area contributed by atoms with Gasteiger partial charge in [0.15, 0.2) is 0 Å². The molecule has 2 aliphatic heterocycles. The summed E-state index contributed by atoms with van der Waals surface area (Å²) < 4.78 is 22.0. The van der Waals surface area contributed by atoms with Crippen molar-refractivity contribution in [2.75, 3.05) is 26.4 Å². The summed E-state index contributed by atoms with van der Waals surface area (Å²) in [7, 11) is 7.36. The highest BCUT2D eigenvalue weighted by Gasteiger charge is 2.30. The fraction of sp³-hybridized carbons (Fsp3) is 0.500. The van der Waals surface area contributed by atoms with E-state index in [0.717, 1.165) is 15.6 Å². The molecule has 2 aliphatic rings. The first kappa shape index (κ1) is 42.1. The molecule has 0 bridgehead atoms. The van der Waals surface area contributed by atoms with Crippen LogP contribution in [0.3, 0.4) is 0 Å². The number of halogens is 4. The molecule has 48 heavy (non-hydrogen) atoms. The Hall–Kier alpha value is -2.07. The lowest BCUT2D eigenvalue weighted by atomic mass is 10.0. The third-order valence-electron chi connectivity index (χ3n) is 6.54. The first-order chi connectivity index (χ1) is 22.0. The van der Waals surface area contributed by atoms with Gasteiger partial charge in [-0.1, -0.05) is 0 Å². The number of aliphatic hydroxyl groups is 2. The summed E-state index contributed by atoms with van der Waals surface area (Å²) in [6.45, 7) is 15.8. The van der Waals surface area contributed by atoms with E-state index in [4.69, 9.17) is 13.7 Å². The third-order valence-corrected chi connectivity index (χ3v) is 7.93. The van der Waals surface area contributed by atoms with Crippen molar-refractivity contribution in [2.24, 2.45) is 9.98 Å². The van der Waals surface area contributed by atoms with Gasteiger partial charge in [0.2, 0.25) is 21.0 Å². The van der Waals surface area contributed by atoms with Crippen LogP contribution in [0.4, 0.5) is 0 Å². The lowest BCUT2D eigenvalue weighted by molar-refractivity contribution is 0.0868. The number of carbonyl (C=O) groups is 2. The Kier molecular flexibility index (Phi) is 15.1. The average Bonchev–Trinajstić information content (AvgIpc) is 3.53. The van der Waals surface area contributed by atoms with Crippen LogP contribution in [0, 0.1) is 0 Å². The number of nitrogens with one attached hydrogen (secondary N) is 2. The van der Waals surface area contributed by atoms with E-state index >= 15 is 0 Å². The highest BCUT2D eigenvalue weighted by atomic mass is 79.9. The second-order valence-electron chi connectivity index (χ2n) is 13.6. The van der Waals surface area contributed by atoms with E-state index in [1.54, 1.807) is 39.8 Å². The van der Waals surface area contributed by atoms with Gasteiger partial charge in [0.25, 0.3) is 11.8 Å². The van der Waals surface area contributed by atoms with E-state index in [-0.39, 0.29) is 30.2 Å². The van der Waals surface area contributed by atoms with Gasteiger partial charge in [-0.2, -0.15) is 0 Å². The minimum atomic E-state index is -1.67. The molecule has 2 aromatic rings. The number of carbonyl (C=O) groups excluding carboxylic acids is 2. The van der Waals surface area contributed by atoms with Crippen LogP contribution < -0.4 is 10.6 Å². The van der Waals surface area contributed by atoms with Gasteiger partial charge < -0.3 is 30.3 Å². The molecule has 4 rings (SSSR count). The minimum Gasteiger partial charge on any atom is -0.475 e. The average molecular weight is 857 g/mol. The second-order valence-corrected chi connectivity index (χ2v) is 17.8. The van der Waals surface area contributed by atoms with Crippen LogP contribution in [0.25, 0.3) is 0 Å². The quantitative estimate of drug-likeness (QED) is 0.235. The van der Waals surface area contributed by atoms with Crippen LogP contribution in [0.15, 0.2) is 55.3 Å². The number of aliphatic imine (C=N–C) groups is 2. The predicted octanol–water partition coefficient (Wildman–Crippen LogP) is 6.05. The molecule has 0 fully saturated rings. The van der Waals surface area contributed by atoms with Crippen LogP contribution in [0.1, 0.15) is 87.2 Å². The summed E-state index contributed by atoms with van der Waals surface area (Å²) in [5.74, 6) is 0.581. The Morgan fingerprint density at radius 2 is 1.29 bits per heavy atom. The second kappa shape index (κ2) is 17.2. The Labute approximate surface area is 310 Å². The Balaban J connectivity index is 0.000000301. The van der Waals surface area contributed by atoms with Gasteiger partial charge in [0.05, 0.1) is 46.5 Å². The van der Waals surface area contributed by atoms with E-state index in [1.807, 2.05) is 18.2 Å². The lowest BCUT2D eigenvalue weighted by Crippen LogP contribution is -2.47. The van der Waals surface area contributed by atoms with E-state index < -0.39 is 26.2 Å². The SMILES string of the molecule is CC(C)(CO)NC(=O)c1ccc(Br)c(C(=O)NC(C)(C)CO)c1.CC1(C)COC(c2ccc(Br)c(C3=NC(C)(C)CO3)c2)=N1.O=S(Cl)Cl. The summed E-state index contributed by atoms with van der Waals surface area (Å²) in [6.07, 6.45) is 0. The fourth-order valence-corrected chi connectivity index (χ4v) is 4.79. The molecule has 0 unspecified atom stereocenters.